The summed E-state index contributed by atoms with van der Waals surface area (Å²) >= 11 is 0. The fourth-order valence-electron chi connectivity index (χ4n) is 5.80. The minimum atomic E-state index is -1.25. The van der Waals surface area contributed by atoms with Crippen LogP contribution in [-0.2, 0) is 11.2 Å². The maximum absolute atomic E-state index is 14.7. The average molecular weight is 571 g/mol. The highest BCUT2D eigenvalue weighted by Gasteiger charge is 2.39. The topological polar surface area (TPSA) is 118 Å². The van der Waals surface area contributed by atoms with Crippen molar-refractivity contribution in [3.05, 3.63) is 72.4 Å². The molecule has 0 radical (unpaired) electrons. The van der Waals surface area contributed by atoms with E-state index in [1.54, 1.807) is 41.6 Å². The Balaban J connectivity index is 1.22. The molecule has 2 aliphatic heterocycles. The van der Waals surface area contributed by atoms with E-state index in [4.69, 9.17) is 4.74 Å². The van der Waals surface area contributed by atoms with Gasteiger partial charge in [0.15, 0.2) is 5.78 Å². The number of amides is 1. The molecule has 4 aromatic rings. The number of nitrogens with one attached hydrogen (secondary N) is 2. The Morgan fingerprint density at radius 3 is 2.67 bits per heavy atom. The third-order valence-electron chi connectivity index (χ3n) is 7.64. The van der Waals surface area contributed by atoms with Crippen molar-refractivity contribution in [2.45, 2.75) is 51.4 Å². The summed E-state index contributed by atoms with van der Waals surface area (Å²) in [6.07, 6.45) is 5.62. The van der Waals surface area contributed by atoms with Gasteiger partial charge in [-0.25, -0.2) is 14.4 Å². The Morgan fingerprint density at radius 1 is 1.12 bits per heavy atom. The Bertz CT molecular complexity index is 1700. The number of carbonyl (C=O) groups is 3. The second kappa shape index (κ2) is 10.6. The van der Waals surface area contributed by atoms with E-state index >= 15 is 0 Å². The molecule has 10 nitrogen and oxygen atoms in total. The molecule has 0 unspecified atom stereocenters. The van der Waals surface area contributed by atoms with Crippen LogP contribution in [0.25, 0.3) is 10.9 Å². The van der Waals surface area contributed by atoms with Crippen LogP contribution >= 0.6 is 0 Å². The van der Waals surface area contributed by atoms with Crippen molar-refractivity contribution in [3.8, 4) is 5.75 Å². The van der Waals surface area contributed by atoms with Crippen molar-refractivity contribution in [1.82, 2.24) is 19.4 Å². The van der Waals surface area contributed by atoms with Gasteiger partial charge in [-0.3, -0.25) is 23.9 Å². The predicted molar refractivity (Wildman–Crippen MR) is 156 cm³/mol. The molecule has 2 N–H and O–H groups in total. The third kappa shape index (κ3) is 5.35. The van der Waals surface area contributed by atoms with Gasteiger partial charge in [0.25, 0.3) is 0 Å². The first-order valence-electron chi connectivity index (χ1n) is 13.8. The number of rotatable bonds is 7. The smallest absolute Gasteiger partial charge is 0.245 e. The number of halogens is 1. The number of ketones is 1. The normalized spacial score (nSPS) is 19.3. The number of benzene rings is 2. The first-order valence-corrected chi connectivity index (χ1v) is 13.8. The number of anilines is 3. The van der Waals surface area contributed by atoms with E-state index in [1.807, 2.05) is 26.0 Å². The molecule has 0 saturated carbocycles. The molecule has 216 valence electrons. The number of nitrogens with zero attached hydrogens (tertiary/aromatic N) is 4. The van der Waals surface area contributed by atoms with E-state index in [1.165, 1.54) is 24.0 Å². The number of hydrogen-bond acceptors (Lipinski definition) is 8. The van der Waals surface area contributed by atoms with Gasteiger partial charge in [-0.1, -0.05) is 12.1 Å². The Morgan fingerprint density at radius 2 is 1.90 bits per heavy atom. The Labute approximate surface area is 241 Å². The molecular formula is C31H31FN6O4. The number of fused-ring (bicyclic) bond motifs is 2. The van der Waals surface area contributed by atoms with Crippen LogP contribution in [0, 0.1) is 0 Å². The summed E-state index contributed by atoms with van der Waals surface area (Å²) in [5, 5.41) is 6.69. The lowest BCUT2D eigenvalue weighted by molar-refractivity contribution is -0.120. The zero-order valence-electron chi connectivity index (χ0n) is 23.6. The number of ether oxygens (including phenoxy) is 1. The number of likely N-dealkylation sites (tertiary alicyclic amines) is 1. The number of Topliss-reactive ketones (excluding diaryl/α,β-unsaturated/α-hetero) is 1. The van der Waals surface area contributed by atoms with Crippen molar-refractivity contribution in [2.24, 2.45) is 0 Å². The van der Waals surface area contributed by atoms with Crippen LogP contribution in [0.1, 0.15) is 47.9 Å². The van der Waals surface area contributed by atoms with Crippen LogP contribution in [0.5, 0.6) is 5.75 Å². The molecule has 42 heavy (non-hydrogen) atoms. The SMILES string of the molecule is CC(=O)c1cn(C(=O)CN2C[C@H](F)C[C@H]2C(=O)Nc2cccc3c2OC(C)(C)C3)c2ccc(Nc3cncnc3)cc12. The first-order chi connectivity index (χ1) is 20.1. The molecule has 2 aromatic heterocycles. The fraction of sp³-hybridized carbons (Fsp3) is 0.323. The highest BCUT2D eigenvalue weighted by atomic mass is 19.1. The van der Waals surface area contributed by atoms with Crippen molar-refractivity contribution >= 4 is 45.6 Å². The summed E-state index contributed by atoms with van der Waals surface area (Å²) in [5.41, 5.74) is 3.43. The third-order valence-corrected chi connectivity index (χ3v) is 7.64. The average Bonchev–Trinajstić information content (AvgIpc) is 3.61. The minimum absolute atomic E-state index is 0.0240. The second-order valence-corrected chi connectivity index (χ2v) is 11.4. The van der Waals surface area contributed by atoms with Crippen LogP contribution < -0.4 is 15.4 Å². The summed E-state index contributed by atoms with van der Waals surface area (Å²) in [4.78, 5) is 49.0. The zero-order valence-corrected chi connectivity index (χ0v) is 23.6. The molecule has 2 aliphatic rings. The quantitative estimate of drug-likeness (QED) is 0.305. The van der Waals surface area contributed by atoms with Gasteiger partial charge in [0, 0.05) is 47.8 Å². The standard InChI is InChI=1S/C31H31FN6O4/c1-18(39)24-15-38(26-8-7-21(10-23(24)26)35-22-12-33-17-34-13-22)28(40)16-37-14-20(32)9-27(37)30(41)36-25-6-4-5-19-11-31(2,3)42-29(19)25/h4-8,10,12-13,15,17,20,27,35H,9,11,14,16H2,1-3H3,(H,36,41)/t20-,27+/m1/s1. The maximum Gasteiger partial charge on any atom is 0.245 e. The lowest BCUT2D eigenvalue weighted by Crippen LogP contribution is -2.43. The monoisotopic (exact) mass is 570 g/mol. The fourth-order valence-corrected chi connectivity index (χ4v) is 5.80. The van der Waals surface area contributed by atoms with Crippen LogP contribution in [-0.4, -0.2) is 67.9 Å². The number of carbonyl (C=O) groups excluding carboxylic acids is 3. The van der Waals surface area contributed by atoms with Crippen molar-refractivity contribution in [2.75, 3.05) is 23.7 Å². The highest BCUT2D eigenvalue weighted by molar-refractivity contribution is 6.10. The van der Waals surface area contributed by atoms with E-state index in [9.17, 15) is 18.8 Å². The Kier molecular flexibility index (Phi) is 6.97. The van der Waals surface area contributed by atoms with Gasteiger partial charge < -0.3 is 15.4 Å². The van der Waals surface area contributed by atoms with Crippen molar-refractivity contribution in [1.29, 1.82) is 0 Å². The van der Waals surface area contributed by atoms with Crippen LogP contribution in [0.4, 0.5) is 21.5 Å². The minimum Gasteiger partial charge on any atom is -0.485 e. The van der Waals surface area contributed by atoms with Gasteiger partial charge >= 0.3 is 0 Å². The lowest BCUT2D eigenvalue weighted by atomic mass is 10.0. The van der Waals surface area contributed by atoms with Gasteiger partial charge in [-0.2, -0.15) is 0 Å². The second-order valence-electron chi connectivity index (χ2n) is 11.4. The van der Waals surface area contributed by atoms with Gasteiger partial charge in [0.2, 0.25) is 11.8 Å². The molecule has 1 amide bonds. The molecule has 1 fully saturated rings. The summed E-state index contributed by atoms with van der Waals surface area (Å²) in [5.74, 6) is -0.346. The Hall–Kier alpha value is -4.64. The molecule has 1 saturated heterocycles. The molecule has 2 atom stereocenters. The number of para-hydroxylation sites is 1. The summed E-state index contributed by atoms with van der Waals surface area (Å²) in [7, 11) is 0. The van der Waals surface area contributed by atoms with E-state index < -0.39 is 18.1 Å². The number of alkyl halides is 1. The molecular weight excluding hydrogens is 539 g/mol. The van der Waals surface area contributed by atoms with Crippen LogP contribution in [0.15, 0.2) is 61.3 Å². The summed E-state index contributed by atoms with van der Waals surface area (Å²) in [6, 6.07) is 10.1. The molecule has 4 heterocycles. The zero-order chi connectivity index (χ0) is 29.6. The van der Waals surface area contributed by atoms with Crippen LogP contribution in [0.3, 0.4) is 0 Å². The molecule has 0 bridgehead atoms. The lowest BCUT2D eigenvalue weighted by Gasteiger charge is -2.23. The highest BCUT2D eigenvalue weighted by Crippen LogP contribution is 2.40. The molecule has 11 heteroatoms. The van der Waals surface area contributed by atoms with E-state index in [-0.39, 0.29) is 36.8 Å². The predicted octanol–water partition coefficient (Wildman–Crippen LogP) is 4.78. The molecule has 0 aliphatic carbocycles. The summed E-state index contributed by atoms with van der Waals surface area (Å²) < 4.78 is 22.1. The van der Waals surface area contributed by atoms with E-state index in [2.05, 4.69) is 20.6 Å². The number of hydrogen-bond donors (Lipinski definition) is 2. The first kappa shape index (κ1) is 27.5. The van der Waals surface area contributed by atoms with Gasteiger partial charge in [0.05, 0.1) is 41.9 Å². The van der Waals surface area contributed by atoms with E-state index in [0.717, 1.165) is 5.56 Å². The van der Waals surface area contributed by atoms with E-state index in [0.29, 0.717) is 45.7 Å². The van der Waals surface area contributed by atoms with Gasteiger partial charge in [-0.15, -0.1) is 0 Å². The molecule has 0 spiro atoms. The molecule has 6 rings (SSSR count). The maximum atomic E-state index is 14.7. The van der Waals surface area contributed by atoms with Crippen LogP contribution in [0.2, 0.25) is 0 Å². The van der Waals surface area contributed by atoms with Crippen molar-refractivity contribution < 1.29 is 23.5 Å². The van der Waals surface area contributed by atoms with Crippen molar-refractivity contribution in [3.63, 3.8) is 0 Å². The summed E-state index contributed by atoms with van der Waals surface area (Å²) in [6.45, 7) is 5.15. The van der Waals surface area contributed by atoms with Gasteiger partial charge in [0.1, 0.15) is 23.8 Å². The largest absolute Gasteiger partial charge is 0.485 e. The van der Waals surface area contributed by atoms with Gasteiger partial charge in [-0.05, 0) is 45.0 Å². The number of aromatic nitrogens is 3. The molecule has 2 aromatic carbocycles.